The first-order valence-electron chi connectivity index (χ1n) is 8.49. The van der Waals surface area contributed by atoms with E-state index in [9.17, 15) is 0 Å². The summed E-state index contributed by atoms with van der Waals surface area (Å²) in [6.45, 7) is 8.34. The quantitative estimate of drug-likeness (QED) is 0.790. The molecule has 1 aromatic carbocycles. The van der Waals surface area contributed by atoms with Gasteiger partial charge in [0.05, 0.1) is 0 Å². The number of nitrogens with one attached hydrogen (secondary N) is 1. The Morgan fingerprint density at radius 2 is 2.00 bits per heavy atom. The molecule has 0 amide bonds. The van der Waals surface area contributed by atoms with Crippen molar-refractivity contribution < 1.29 is 0 Å². The van der Waals surface area contributed by atoms with Crippen LogP contribution in [0.5, 0.6) is 0 Å². The van der Waals surface area contributed by atoms with Gasteiger partial charge in [0, 0.05) is 11.1 Å². The Morgan fingerprint density at radius 3 is 2.76 bits per heavy atom. The first kappa shape index (κ1) is 15.4. The summed E-state index contributed by atoms with van der Waals surface area (Å²) in [4.78, 5) is 0. The van der Waals surface area contributed by atoms with Gasteiger partial charge < -0.3 is 5.32 Å². The molecular formula is C19H28ClN. The second-order valence-electron chi connectivity index (χ2n) is 7.87. The zero-order valence-corrected chi connectivity index (χ0v) is 14.3. The molecule has 3 unspecified atom stereocenters. The minimum Gasteiger partial charge on any atom is -0.309 e. The zero-order chi connectivity index (χ0) is 15.0. The maximum atomic E-state index is 6.23. The molecule has 0 spiro atoms. The average Bonchev–Trinajstić information content (AvgIpc) is 2.68. The van der Waals surface area contributed by atoms with Gasteiger partial charge in [0.25, 0.3) is 0 Å². The first-order valence-corrected chi connectivity index (χ1v) is 8.87. The maximum Gasteiger partial charge on any atom is 0.0409 e. The van der Waals surface area contributed by atoms with Crippen LogP contribution in [0, 0.1) is 17.3 Å². The first-order chi connectivity index (χ1) is 9.97. The Morgan fingerprint density at radius 1 is 1.24 bits per heavy atom. The molecule has 1 fully saturated rings. The van der Waals surface area contributed by atoms with Crippen molar-refractivity contribution in [1.29, 1.82) is 0 Å². The summed E-state index contributed by atoms with van der Waals surface area (Å²) in [7, 11) is 0. The number of fused-ring (bicyclic) bond motifs is 1. The van der Waals surface area contributed by atoms with E-state index < -0.39 is 0 Å². The number of hydrogen-bond acceptors (Lipinski definition) is 1. The summed E-state index contributed by atoms with van der Waals surface area (Å²) >= 11 is 6.23. The van der Waals surface area contributed by atoms with Crippen LogP contribution in [0.2, 0.25) is 5.02 Å². The van der Waals surface area contributed by atoms with E-state index in [1.807, 2.05) is 6.07 Å². The predicted octanol–water partition coefficient (Wildman–Crippen LogP) is 5.38. The average molecular weight is 306 g/mol. The minimum absolute atomic E-state index is 0.283. The smallest absolute Gasteiger partial charge is 0.0409 e. The van der Waals surface area contributed by atoms with E-state index in [1.54, 1.807) is 0 Å². The Labute approximate surface area is 134 Å². The summed E-state index contributed by atoms with van der Waals surface area (Å²) < 4.78 is 0. The molecule has 2 heteroatoms. The predicted molar refractivity (Wildman–Crippen MR) is 90.8 cm³/mol. The van der Waals surface area contributed by atoms with Crippen molar-refractivity contribution >= 4 is 11.6 Å². The zero-order valence-electron chi connectivity index (χ0n) is 13.6. The third-order valence-electron chi connectivity index (χ3n) is 5.72. The normalized spacial score (nSPS) is 31.1. The number of benzene rings is 1. The highest BCUT2D eigenvalue weighted by atomic mass is 35.5. The summed E-state index contributed by atoms with van der Waals surface area (Å²) in [6.07, 6.45) is 6.78. The summed E-state index contributed by atoms with van der Waals surface area (Å²) in [5, 5.41) is 4.76. The Balaban J connectivity index is 1.73. The molecule has 2 aliphatic rings. The fraction of sp³-hybridized carbons (Fsp3) is 0.684. The molecule has 1 N–H and O–H groups in total. The Bertz CT molecular complexity index is 508. The van der Waals surface area contributed by atoms with E-state index in [2.05, 4.69) is 38.2 Å². The lowest BCUT2D eigenvalue weighted by Crippen LogP contribution is -2.36. The molecule has 1 aromatic rings. The Hall–Kier alpha value is -0.530. The van der Waals surface area contributed by atoms with E-state index in [0.717, 1.165) is 29.8 Å². The Kier molecular flexibility index (Phi) is 4.34. The van der Waals surface area contributed by atoms with Crippen molar-refractivity contribution in [2.24, 2.45) is 17.3 Å². The largest absolute Gasteiger partial charge is 0.309 e. The van der Waals surface area contributed by atoms with Crippen LogP contribution >= 0.6 is 11.6 Å². The molecule has 0 heterocycles. The van der Waals surface area contributed by atoms with Crippen LogP contribution in [0.15, 0.2) is 18.2 Å². The monoisotopic (exact) mass is 305 g/mol. The summed E-state index contributed by atoms with van der Waals surface area (Å²) in [5.41, 5.74) is 3.18. The van der Waals surface area contributed by atoms with Crippen molar-refractivity contribution in [3.63, 3.8) is 0 Å². The van der Waals surface area contributed by atoms with Gasteiger partial charge in [0.2, 0.25) is 0 Å². The molecule has 116 valence electrons. The maximum absolute atomic E-state index is 6.23. The van der Waals surface area contributed by atoms with Gasteiger partial charge in [-0.2, -0.15) is 0 Å². The molecule has 21 heavy (non-hydrogen) atoms. The highest BCUT2D eigenvalue weighted by Gasteiger charge is 2.39. The van der Waals surface area contributed by atoms with Gasteiger partial charge in [-0.05, 0) is 59.9 Å². The van der Waals surface area contributed by atoms with Crippen molar-refractivity contribution in [2.45, 2.75) is 58.9 Å². The van der Waals surface area contributed by atoms with Crippen LogP contribution in [-0.4, -0.2) is 6.54 Å². The van der Waals surface area contributed by atoms with E-state index in [4.69, 9.17) is 11.6 Å². The van der Waals surface area contributed by atoms with E-state index >= 15 is 0 Å². The summed E-state index contributed by atoms with van der Waals surface area (Å²) in [6, 6.07) is 6.86. The van der Waals surface area contributed by atoms with Crippen molar-refractivity contribution in [3.8, 4) is 0 Å². The summed E-state index contributed by atoms with van der Waals surface area (Å²) in [5.74, 6) is 1.72. The topological polar surface area (TPSA) is 12.0 Å². The minimum atomic E-state index is 0.283. The second-order valence-corrected chi connectivity index (χ2v) is 8.31. The molecule has 0 aliphatic heterocycles. The molecule has 1 nitrogen and oxygen atoms in total. The van der Waals surface area contributed by atoms with Crippen LogP contribution in [0.1, 0.15) is 63.6 Å². The van der Waals surface area contributed by atoms with Gasteiger partial charge in [0.1, 0.15) is 0 Å². The van der Waals surface area contributed by atoms with Gasteiger partial charge in [-0.15, -0.1) is 0 Å². The van der Waals surface area contributed by atoms with E-state index in [0.29, 0.717) is 6.04 Å². The lowest BCUT2D eigenvalue weighted by atomic mass is 9.79. The van der Waals surface area contributed by atoms with Crippen LogP contribution in [0.25, 0.3) is 0 Å². The van der Waals surface area contributed by atoms with Crippen LogP contribution in [0.3, 0.4) is 0 Å². The standard InChI is InChI=1S/C19H28ClN/c1-13-6-4-5-7-15(13)12-21-18-17-10-16(20)9-8-14(17)11-19(18,2)3/h8-10,13,15,18,21H,4-7,11-12H2,1-3H3. The van der Waals surface area contributed by atoms with Crippen molar-refractivity contribution in [2.75, 3.05) is 6.54 Å². The number of halogens is 1. The molecule has 0 saturated heterocycles. The van der Waals surface area contributed by atoms with E-state index in [1.165, 1.54) is 36.8 Å². The molecule has 0 radical (unpaired) electrons. The van der Waals surface area contributed by atoms with Gasteiger partial charge >= 0.3 is 0 Å². The van der Waals surface area contributed by atoms with Crippen LogP contribution < -0.4 is 5.32 Å². The molecule has 1 saturated carbocycles. The molecule has 3 atom stereocenters. The fourth-order valence-electron chi connectivity index (χ4n) is 4.36. The molecular weight excluding hydrogens is 278 g/mol. The van der Waals surface area contributed by atoms with Crippen LogP contribution in [-0.2, 0) is 6.42 Å². The van der Waals surface area contributed by atoms with Gasteiger partial charge in [-0.1, -0.05) is 57.7 Å². The molecule has 2 aliphatic carbocycles. The number of rotatable bonds is 3. The highest BCUT2D eigenvalue weighted by molar-refractivity contribution is 6.30. The van der Waals surface area contributed by atoms with Gasteiger partial charge in [-0.25, -0.2) is 0 Å². The van der Waals surface area contributed by atoms with E-state index in [-0.39, 0.29) is 5.41 Å². The van der Waals surface area contributed by atoms with Gasteiger partial charge in [0.15, 0.2) is 0 Å². The highest BCUT2D eigenvalue weighted by Crippen LogP contribution is 2.46. The fourth-order valence-corrected chi connectivity index (χ4v) is 4.54. The molecule has 0 bridgehead atoms. The molecule has 0 aromatic heterocycles. The number of hydrogen-bond donors (Lipinski definition) is 1. The van der Waals surface area contributed by atoms with Crippen molar-refractivity contribution in [1.82, 2.24) is 5.32 Å². The van der Waals surface area contributed by atoms with Crippen LogP contribution in [0.4, 0.5) is 0 Å². The lowest BCUT2D eigenvalue weighted by molar-refractivity contribution is 0.207. The lowest BCUT2D eigenvalue weighted by Gasteiger charge is -2.34. The SMILES string of the molecule is CC1CCCCC1CNC1c2cc(Cl)ccc2CC1(C)C. The third-order valence-corrected chi connectivity index (χ3v) is 5.95. The second kappa shape index (κ2) is 5.93. The third kappa shape index (κ3) is 3.14. The van der Waals surface area contributed by atoms with Crippen molar-refractivity contribution in [3.05, 3.63) is 34.3 Å². The van der Waals surface area contributed by atoms with Gasteiger partial charge in [-0.3, -0.25) is 0 Å². The molecule has 3 rings (SSSR count).